The zero-order valence-corrected chi connectivity index (χ0v) is 12.4. The van der Waals surface area contributed by atoms with Gasteiger partial charge in [0.25, 0.3) is 0 Å². The molecule has 1 saturated heterocycles. The van der Waals surface area contributed by atoms with Gasteiger partial charge in [0.2, 0.25) is 5.91 Å². The fourth-order valence-electron chi connectivity index (χ4n) is 2.60. The van der Waals surface area contributed by atoms with E-state index in [1.165, 1.54) is 6.42 Å². The molecule has 1 N–H and O–H groups in total. The quantitative estimate of drug-likeness (QED) is 0.899. The molecule has 1 heterocycles. The first kappa shape index (κ1) is 14.7. The van der Waals surface area contributed by atoms with Gasteiger partial charge in [0, 0.05) is 31.7 Å². The van der Waals surface area contributed by atoms with Crippen molar-refractivity contribution in [3.8, 4) is 5.75 Å². The van der Waals surface area contributed by atoms with Crippen molar-refractivity contribution in [2.45, 2.75) is 26.2 Å². The van der Waals surface area contributed by atoms with Crippen molar-refractivity contribution in [2.75, 3.05) is 32.1 Å². The van der Waals surface area contributed by atoms with Gasteiger partial charge in [-0.2, -0.15) is 0 Å². The van der Waals surface area contributed by atoms with Gasteiger partial charge in [-0.15, -0.1) is 0 Å². The first-order valence-corrected chi connectivity index (χ1v) is 7.34. The molecule has 0 spiro atoms. The lowest BCUT2D eigenvalue weighted by molar-refractivity contribution is -0.132. The minimum absolute atomic E-state index is 0.262. The topological polar surface area (TPSA) is 41.6 Å². The van der Waals surface area contributed by atoms with E-state index in [0.29, 0.717) is 18.9 Å². The number of likely N-dealkylation sites (tertiary alicyclic amines) is 1. The lowest BCUT2D eigenvalue weighted by Crippen LogP contribution is -2.39. The van der Waals surface area contributed by atoms with Gasteiger partial charge in [-0.25, -0.2) is 0 Å². The molecule has 1 atom stereocenters. The van der Waals surface area contributed by atoms with Gasteiger partial charge >= 0.3 is 0 Å². The summed E-state index contributed by atoms with van der Waals surface area (Å²) in [7, 11) is 1.65. The Labute approximate surface area is 121 Å². The van der Waals surface area contributed by atoms with Crippen LogP contribution in [0.4, 0.5) is 5.69 Å². The number of nitrogens with one attached hydrogen (secondary N) is 1. The monoisotopic (exact) mass is 276 g/mol. The van der Waals surface area contributed by atoms with Gasteiger partial charge in [0.15, 0.2) is 0 Å². The summed E-state index contributed by atoms with van der Waals surface area (Å²) in [5, 5.41) is 3.27. The van der Waals surface area contributed by atoms with Crippen molar-refractivity contribution in [1.29, 1.82) is 0 Å². The second kappa shape index (κ2) is 7.17. The highest BCUT2D eigenvalue weighted by atomic mass is 16.5. The summed E-state index contributed by atoms with van der Waals surface area (Å²) in [5.74, 6) is 1.74. The minimum Gasteiger partial charge on any atom is -0.497 e. The Morgan fingerprint density at radius 1 is 1.40 bits per heavy atom. The highest BCUT2D eigenvalue weighted by Crippen LogP contribution is 2.17. The molecule has 0 aliphatic carbocycles. The predicted molar refractivity (Wildman–Crippen MR) is 81.1 cm³/mol. The Morgan fingerprint density at radius 3 is 2.80 bits per heavy atom. The van der Waals surface area contributed by atoms with Crippen LogP contribution in [-0.2, 0) is 4.79 Å². The SMILES string of the molecule is COc1ccc(NCCC(=O)N2CCCC(C)C2)cc1. The number of anilines is 1. The summed E-state index contributed by atoms with van der Waals surface area (Å²) < 4.78 is 5.11. The number of piperidine rings is 1. The van der Waals surface area contributed by atoms with Crippen LogP contribution in [0.5, 0.6) is 5.75 Å². The second-order valence-corrected chi connectivity index (χ2v) is 5.49. The molecule has 4 heteroatoms. The van der Waals surface area contributed by atoms with E-state index in [2.05, 4.69) is 12.2 Å². The lowest BCUT2D eigenvalue weighted by Gasteiger charge is -2.31. The average molecular weight is 276 g/mol. The maximum atomic E-state index is 12.1. The number of amides is 1. The van der Waals surface area contributed by atoms with Crippen LogP contribution < -0.4 is 10.1 Å². The van der Waals surface area contributed by atoms with Gasteiger partial charge in [-0.3, -0.25) is 4.79 Å². The second-order valence-electron chi connectivity index (χ2n) is 5.49. The van der Waals surface area contributed by atoms with Crippen molar-refractivity contribution in [2.24, 2.45) is 5.92 Å². The molecule has 20 heavy (non-hydrogen) atoms. The largest absolute Gasteiger partial charge is 0.497 e. The fraction of sp³-hybridized carbons (Fsp3) is 0.562. The molecule has 1 fully saturated rings. The van der Waals surface area contributed by atoms with E-state index in [1.54, 1.807) is 7.11 Å². The molecular formula is C16H24N2O2. The first-order chi connectivity index (χ1) is 9.69. The summed E-state index contributed by atoms with van der Waals surface area (Å²) >= 11 is 0. The van der Waals surface area contributed by atoms with Crippen LogP contribution in [0.1, 0.15) is 26.2 Å². The summed E-state index contributed by atoms with van der Waals surface area (Å²) in [6.07, 6.45) is 2.94. The smallest absolute Gasteiger partial charge is 0.224 e. The summed E-state index contributed by atoms with van der Waals surface area (Å²) in [5.41, 5.74) is 1.02. The molecule has 0 aromatic heterocycles. The Hall–Kier alpha value is -1.71. The molecule has 1 aromatic rings. The summed E-state index contributed by atoms with van der Waals surface area (Å²) in [6.45, 7) is 4.73. The molecular weight excluding hydrogens is 252 g/mol. The Morgan fingerprint density at radius 2 is 2.15 bits per heavy atom. The Kier molecular flexibility index (Phi) is 5.27. The molecule has 0 radical (unpaired) electrons. The van der Waals surface area contributed by atoms with Crippen LogP contribution in [0.25, 0.3) is 0 Å². The Bertz CT molecular complexity index is 431. The number of benzene rings is 1. The molecule has 1 aromatic carbocycles. The zero-order chi connectivity index (χ0) is 14.4. The molecule has 1 aliphatic rings. The minimum atomic E-state index is 0.262. The maximum Gasteiger partial charge on any atom is 0.224 e. The number of methoxy groups -OCH3 is 1. The maximum absolute atomic E-state index is 12.1. The third-order valence-electron chi connectivity index (χ3n) is 3.77. The van der Waals surface area contributed by atoms with Crippen LogP contribution >= 0.6 is 0 Å². The van der Waals surface area contributed by atoms with Gasteiger partial charge < -0.3 is 15.0 Å². The highest BCUT2D eigenvalue weighted by Gasteiger charge is 2.20. The predicted octanol–water partition coefficient (Wildman–Crippen LogP) is 2.76. The number of ether oxygens (including phenoxy) is 1. The highest BCUT2D eigenvalue weighted by molar-refractivity contribution is 5.76. The molecule has 0 bridgehead atoms. The van der Waals surface area contributed by atoms with E-state index in [-0.39, 0.29) is 5.91 Å². The molecule has 2 rings (SSSR count). The number of nitrogens with zero attached hydrogens (tertiary/aromatic N) is 1. The summed E-state index contributed by atoms with van der Waals surface area (Å²) in [4.78, 5) is 14.1. The first-order valence-electron chi connectivity index (χ1n) is 7.34. The van der Waals surface area contributed by atoms with Crippen LogP contribution in [-0.4, -0.2) is 37.6 Å². The molecule has 0 saturated carbocycles. The standard InChI is InChI=1S/C16H24N2O2/c1-13-4-3-11-18(12-13)16(19)9-10-17-14-5-7-15(20-2)8-6-14/h5-8,13,17H,3-4,9-12H2,1-2H3. The van der Waals surface area contributed by atoms with Crippen molar-refractivity contribution >= 4 is 11.6 Å². The van der Waals surface area contributed by atoms with Crippen molar-refractivity contribution in [3.63, 3.8) is 0 Å². The lowest BCUT2D eigenvalue weighted by atomic mass is 10.00. The fourth-order valence-corrected chi connectivity index (χ4v) is 2.60. The third-order valence-corrected chi connectivity index (χ3v) is 3.77. The van der Waals surface area contributed by atoms with Crippen molar-refractivity contribution < 1.29 is 9.53 Å². The van der Waals surface area contributed by atoms with Crippen molar-refractivity contribution in [3.05, 3.63) is 24.3 Å². The van der Waals surface area contributed by atoms with Crippen LogP contribution in [0.15, 0.2) is 24.3 Å². The number of hydrogen-bond acceptors (Lipinski definition) is 3. The van der Waals surface area contributed by atoms with E-state index in [1.807, 2.05) is 29.2 Å². The van der Waals surface area contributed by atoms with E-state index >= 15 is 0 Å². The van der Waals surface area contributed by atoms with Gasteiger partial charge in [-0.05, 0) is 43.0 Å². The van der Waals surface area contributed by atoms with Crippen LogP contribution in [0, 0.1) is 5.92 Å². The van der Waals surface area contributed by atoms with Gasteiger partial charge in [-0.1, -0.05) is 6.92 Å². The molecule has 4 nitrogen and oxygen atoms in total. The zero-order valence-electron chi connectivity index (χ0n) is 12.4. The third kappa shape index (κ3) is 4.15. The molecule has 1 aliphatic heterocycles. The Balaban J connectivity index is 1.73. The number of carbonyl (C=O) groups excluding carboxylic acids is 1. The molecule has 1 unspecified atom stereocenters. The number of rotatable bonds is 5. The van der Waals surface area contributed by atoms with E-state index in [0.717, 1.165) is 30.9 Å². The van der Waals surface area contributed by atoms with Gasteiger partial charge in [0.1, 0.15) is 5.75 Å². The number of carbonyl (C=O) groups is 1. The number of hydrogen-bond donors (Lipinski definition) is 1. The summed E-state index contributed by atoms with van der Waals surface area (Å²) in [6, 6.07) is 7.76. The molecule has 110 valence electrons. The van der Waals surface area contributed by atoms with Gasteiger partial charge in [0.05, 0.1) is 7.11 Å². The average Bonchev–Trinajstić information content (AvgIpc) is 2.48. The van der Waals surface area contributed by atoms with E-state index in [4.69, 9.17) is 4.74 Å². The van der Waals surface area contributed by atoms with E-state index < -0.39 is 0 Å². The van der Waals surface area contributed by atoms with E-state index in [9.17, 15) is 4.79 Å². The van der Waals surface area contributed by atoms with Crippen LogP contribution in [0.2, 0.25) is 0 Å². The van der Waals surface area contributed by atoms with Crippen molar-refractivity contribution in [1.82, 2.24) is 4.90 Å². The van der Waals surface area contributed by atoms with Crippen LogP contribution in [0.3, 0.4) is 0 Å². The normalized spacial score (nSPS) is 18.7. The molecule has 1 amide bonds.